The van der Waals surface area contributed by atoms with Gasteiger partial charge in [0.05, 0.1) is 22.7 Å². The number of aliphatic hydroxyl groups excluding tert-OH is 1. The van der Waals surface area contributed by atoms with Crippen LogP contribution in [0.15, 0.2) is 18.2 Å². The van der Waals surface area contributed by atoms with Gasteiger partial charge in [0.1, 0.15) is 0 Å². The number of hydrogen-bond acceptors (Lipinski definition) is 2. The largest absolute Gasteiger partial charge is 0.394 e. The Labute approximate surface area is 110 Å². The molecule has 4 nitrogen and oxygen atoms in total. The number of nitrogens with one attached hydrogen (secondary N) is 2. The predicted octanol–water partition coefficient (Wildman–Crippen LogP) is 2.89. The Morgan fingerprint density at radius 1 is 1.41 bits per heavy atom. The zero-order valence-electron chi connectivity index (χ0n) is 9.34. The fraction of sp³-hybridized carbons (Fsp3) is 0.364. The van der Waals surface area contributed by atoms with E-state index in [0.29, 0.717) is 22.2 Å². The van der Waals surface area contributed by atoms with Gasteiger partial charge in [-0.15, -0.1) is 0 Å². The van der Waals surface area contributed by atoms with Crippen LogP contribution in [0.1, 0.15) is 13.3 Å². The van der Waals surface area contributed by atoms with E-state index in [4.69, 9.17) is 28.3 Å². The molecule has 0 bridgehead atoms. The van der Waals surface area contributed by atoms with Crippen molar-refractivity contribution in [1.82, 2.24) is 5.32 Å². The summed E-state index contributed by atoms with van der Waals surface area (Å²) < 4.78 is 0. The summed E-state index contributed by atoms with van der Waals surface area (Å²) in [7, 11) is 0. The second-order valence-electron chi connectivity index (χ2n) is 3.52. The first-order chi connectivity index (χ1) is 8.06. The normalized spacial score (nSPS) is 12.0. The number of amides is 2. The van der Waals surface area contributed by atoms with Crippen molar-refractivity contribution in [2.45, 2.75) is 19.4 Å². The molecule has 0 spiro atoms. The first kappa shape index (κ1) is 14.1. The van der Waals surface area contributed by atoms with Crippen LogP contribution < -0.4 is 10.6 Å². The number of rotatable bonds is 4. The summed E-state index contributed by atoms with van der Waals surface area (Å²) in [6, 6.07) is 4.17. The maximum atomic E-state index is 11.5. The lowest BCUT2D eigenvalue weighted by atomic mass is 10.2. The third-order valence-corrected chi connectivity index (χ3v) is 2.96. The number of benzene rings is 1. The van der Waals surface area contributed by atoms with Gasteiger partial charge >= 0.3 is 6.03 Å². The minimum absolute atomic E-state index is 0.0920. The Balaban J connectivity index is 2.58. The average Bonchev–Trinajstić information content (AvgIpc) is 2.31. The molecule has 0 heterocycles. The van der Waals surface area contributed by atoms with Gasteiger partial charge in [-0.1, -0.05) is 30.1 Å². The van der Waals surface area contributed by atoms with E-state index in [9.17, 15) is 4.79 Å². The van der Waals surface area contributed by atoms with E-state index in [-0.39, 0.29) is 18.7 Å². The zero-order valence-corrected chi connectivity index (χ0v) is 10.8. The number of anilines is 1. The fourth-order valence-corrected chi connectivity index (χ4v) is 1.50. The smallest absolute Gasteiger partial charge is 0.319 e. The average molecular weight is 277 g/mol. The Morgan fingerprint density at radius 2 is 2.12 bits per heavy atom. The highest BCUT2D eigenvalue weighted by atomic mass is 35.5. The molecule has 1 rings (SSSR count). The van der Waals surface area contributed by atoms with Crippen LogP contribution >= 0.6 is 23.2 Å². The molecule has 2 amide bonds. The predicted molar refractivity (Wildman–Crippen MR) is 69.8 cm³/mol. The van der Waals surface area contributed by atoms with Gasteiger partial charge in [-0.25, -0.2) is 4.79 Å². The molecule has 0 aliphatic carbocycles. The Bertz CT molecular complexity index is 395. The quantitative estimate of drug-likeness (QED) is 0.792. The van der Waals surface area contributed by atoms with Crippen LogP contribution in [-0.2, 0) is 0 Å². The molecule has 0 saturated heterocycles. The molecule has 0 radical (unpaired) electrons. The van der Waals surface area contributed by atoms with E-state index >= 15 is 0 Å². The Morgan fingerprint density at radius 3 is 2.65 bits per heavy atom. The van der Waals surface area contributed by atoms with Crippen LogP contribution in [0.4, 0.5) is 10.5 Å². The van der Waals surface area contributed by atoms with Crippen molar-refractivity contribution in [3.63, 3.8) is 0 Å². The first-order valence-corrected chi connectivity index (χ1v) is 5.95. The Hall–Kier alpha value is -0.970. The number of hydrogen-bond donors (Lipinski definition) is 3. The van der Waals surface area contributed by atoms with Crippen molar-refractivity contribution in [3.05, 3.63) is 28.2 Å². The van der Waals surface area contributed by atoms with E-state index < -0.39 is 0 Å². The van der Waals surface area contributed by atoms with Crippen LogP contribution in [0.2, 0.25) is 10.0 Å². The van der Waals surface area contributed by atoms with Gasteiger partial charge in [0.15, 0.2) is 0 Å². The number of carbonyl (C=O) groups excluding carboxylic acids is 1. The highest BCUT2D eigenvalue weighted by Crippen LogP contribution is 2.24. The van der Waals surface area contributed by atoms with Crippen molar-refractivity contribution >= 4 is 34.9 Å². The van der Waals surface area contributed by atoms with Crippen molar-refractivity contribution in [1.29, 1.82) is 0 Å². The van der Waals surface area contributed by atoms with Crippen molar-refractivity contribution in [3.8, 4) is 0 Å². The number of halogens is 2. The summed E-state index contributed by atoms with van der Waals surface area (Å²) in [5.41, 5.74) is 0.546. The minimum Gasteiger partial charge on any atom is -0.394 e. The summed E-state index contributed by atoms with van der Waals surface area (Å²) in [5.74, 6) is 0. The van der Waals surface area contributed by atoms with Crippen LogP contribution in [0, 0.1) is 0 Å². The molecular formula is C11H14Cl2N2O2. The number of urea groups is 1. The molecule has 1 aromatic rings. The van der Waals surface area contributed by atoms with Gasteiger partial charge in [-0.3, -0.25) is 0 Å². The standard InChI is InChI=1S/C11H14Cl2N2O2/c1-2-7(6-16)14-11(17)15-8-3-4-9(12)10(13)5-8/h3-5,7,16H,2,6H2,1H3,(H2,14,15,17). The van der Waals surface area contributed by atoms with Gasteiger partial charge in [0.25, 0.3) is 0 Å². The molecule has 17 heavy (non-hydrogen) atoms. The SMILES string of the molecule is CCC(CO)NC(=O)Nc1ccc(Cl)c(Cl)c1. The molecule has 0 fully saturated rings. The third-order valence-electron chi connectivity index (χ3n) is 2.23. The maximum Gasteiger partial charge on any atom is 0.319 e. The number of aliphatic hydroxyl groups is 1. The number of carbonyl (C=O) groups is 1. The molecule has 0 aliphatic heterocycles. The summed E-state index contributed by atoms with van der Waals surface area (Å²) in [5, 5.41) is 15.0. The van der Waals surface area contributed by atoms with Gasteiger partial charge in [0, 0.05) is 5.69 Å². The fourth-order valence-electron chi connectivity index (χ4n) is 1.20. The van der Waals surface area contributed by atoms with Gasteiger partial charge in [-0.05, 0) is 24.6 Å². The van der Waals surface area contributed by atoms with E-state index in [2.05, 4.69) is 10.6 Å². The van der Waals surface area contributed by atoms with Gasteiger partial charge < -0.3 is 15.7 Å². The molecular weight excluding hydrogens is 263 g/mol. The van der Waals surface area contributed by atoms with Crippen LogP contribution in [0.25, 0.3) is 0 Å². The molecule has 3 N–H and O–H groups in total. The lowest BCUT2D eigenvalue weighted by Gasteiger charge is -2.14. The van der Waals surface area contributed by atoms with Gasteiger partial charge in [0.2, 0.25) is 0 Å². The van der Waals surface area contributed by atoms with Crippen LogP contribution in [-0.4, -0.2) is 23.8 Å². The van der Waals surface area contributed by atoms with E-state index in [1.54, 1.807) is 18.2 Å². The first-order valence-electron chi connectivity index (χ1n) is 5.20. The van der Waals surface area contributed by atoms with Crippen LogP contribution in [0.5, 0.6) is 0 Å². The monoisotopic (exact) mass is 276 g/mol. The van der Waals surface area contributed by atoms with E-state index in [0.717, 1.165) is 0 Å². The van der Waals surface area contributed by atoms with Crippen molar-refractivity contribution in [2.75, 3.05) is 11.9 Å². The summed E-state index contributed by atoms with van der Waals surface area (Å²) in [4.78, 5) is 11.5. The second kappa shape index (κ2) is 6.69. The maximum absolute atomic E-state index is 11.5. The van der Waals surface area contributed by atoms with Gasteiger partial charge in [-0.2, -0.15) is 0 Å². The van der Waals surface area contributed by atoms with Crippen LogP contribution in [0.3, 0.4) is 0 Å². The molecule has 0 aliphatic rings. The molecule has 94 valence electrons. The molecule has 0 aromatic heterocycles. The van der Waals surface area contributed by atoms with E-state index in [1.807, 2.05) is 6.92 Å². The molecule has 0 saturated carbocycles. The lowest BCUT2D eigenvalue weighted by Crippen LogP contribution is -2.39. The zero-order chi connectivity index (χ0) is 12.8. The Kier molecular flexibility index (Phi) is 5.55. The highest BCUT2D eigenvalue weighted by molar-refractivity contribution is 6.42. The summed E-state index contributed by atoms with van der Waals surface area (Å²) in [6.07, 6.45) is 0.658. The second-order valence-corrected chi connectivity index (χ2v) is 4.33. The van der Waals surface area contributed by atoms with Crippen molar-refractivity contribution < 1.29 is 9.90 Å². The van der Waals surface area contributed by atoms with E-state index in [1.165, 1.54) is 0 Å². The molecule has 1 atom stereocenters. The lowest BCUT2D eigenvalue weighted by molar-refractivity contribution is 0.222. The molecule has 1 unspecified atom stereocenters. The molecule has 6 heteroatoms. The topological polar surface area (TPSA) is 61.4 Å². The highest BCUT2D eigenvalue weighted by Gasteiger charge is 2.09. The summed E-state index contributed by atoms with van der Waals surface area (Å²) in [6.45, 7) is 1.78. The third kappa shape index (κ3) is 4.42. The van der Waals surface area contributed by atoms with Crippen molar-refractivity contribution in [2.24, 2.45) is 0 Å². The summed E-state index contributed by atoms with van der Waals surface area (Å²) >= 11 is 11.6. The minimum atomic E-state index is -0.385. The molecule has 1 aromatic carbocycles.